The van der Waals surface area contributed by atoms with Crippen molar-refractivity contribution in [2.24, 2.45) is 11.7 Å². The maximum absolute atomic E-state index is 12.3. The summed E-state index contributed by atoms with van der Waals surface area (Å²) >= 11 is 0. The van der Waals surface area contributed by atoms with Gasteiger partial charge in [0.05, 0.1) is 0 Å². The number of hydrogen-bond acceptors (Lipinski definition) is 4. The molecule has 0 radical (unpaired) electrons. The Morgan fingerprint density at radius 2 is 1.75 bits per heavy atom. The van der Waals surface area contributed by atoms with Crippen molar-refractivity contribution in [1.29, 1.82) is 0 Å². The average molecular weight is 335 g/mol. The van der Waals surface area contributed by atoms with Crippen molar-refractivity contribution in [1.82, 2.24) is 10.6 Å². The second-order valence-corrected chi connectivity index (χ2v) is 5.70. The highest BCUT2D eigenvalue weighted by Gasteiger charge is 2.28. The molecule has 0 aromatic heterocycles. The number of nitrogens with one attached hydrogen (secondary N) is 2. The Kier molecular flexibility index (Phi) is 7.74. The first-order valence-corrected chi connectivity index (χ1v) is 7.92. The number of primary amides is 1. The Morgan fingerprint density at radius 3 is 2.29 bits per heavy atom. The molecule has 0 heterocycles. The number of carbonyl (C=O) groups excluding carboxylic acids is 3. The molecule has 3 amide bonds. The van der Waals surface area contributed by atoms with Crippen LogP contribution in [0.5, 0.6) is 0 Å². The molecule has 7 nitrogen and oxygen atoms in total. The van der Waals surface area contributed by atoms with Gasteiger partial charge in [-0.2, -0.15) is 0 Å². The van der Waals surface area contributed by atoms with E-state index in [-0.39, 0.29) is 12.5 Å². The van der Waals surface area contributed by atoms with Crippen molar-refractivity contribution in [3.8, 4) is 0 Å². The lowest BCUT2D eigenvalue weighted by Crippen LogP contribution is -2.54. The molecule has 0 saturated heterocycles. The van der Waals surface area contributed by atoms with E-state index in [1.165, 1.54) is 6.92 Å². The minimum Gasteiger partial charge on any atom is -0.445 e. The highest BCUT2D eigenvalue weighted by atomic mass is 16.5. The first-order chi connectivity index (χ1) is 11.3. The smallest absolute Gasteiger partial charge is 0.408 e. The normalized spacial score (nSPS) is 14.1. The topological polar surface area (TPSA) is 111 Å². The van der Waals surface area contributed by atoms with Gasteiger partial charge in [-0.05, 0) is 18.4 Å². The standard InChI is InChI=1S/C17H25N3O4/c1-4-11(2)14(16(22)19-12(3)15(18)21)20-17(23)24-10-13-8-6-5-7-9-13/h5-9,11-12,14H,4,10H2,1-3H3,(H2,18,21)(H,19,22)(H,20,23)/t11?,12-,14-/m0/s1. The van der Waals surface area contributed by atoms with Crippen LogP contribution in [-0.4, -0.2) is 30.0 Å². The summed E-state index contributed by atoms with van der Waals surface area (Å²) in [5, 5.41) is 5.05. The summed E-state index contributed by atoms with van der Waals surface area (Å²) in [5.41, 5.74) is 5.99. The largest absolute Gasteiger partial charge is 0.445 e. The van der Waals surface area contributed by atoms with E-state index in [4.69, 9.17) is 10.5 Å². The Balaban J connectivity index is 2.63. The first kappa shape index (κ1) is 19.5. The van der Waals surface area contributed by atoms with E-state index in [9.17, 15) is 14.4 Å². The molecule has 7 heteroatoms. The molecule has 24 heavy (non-hydrogen) atoms. The van der Waals surface area contributed by atoms with E-state index < -0.39 is 30.0 Å². The van der Waals surface area contributed by atoms with Gasteiger partial charge < -0.3 is 21.1 Å². The van der Waals surface area contributed by atoms with E-state index in [0.29, 0.717) is 6.42 Å². The van der Waals surface area contributed by atoms with Crippen LogP contribution in [0.2, 0.25) is 0 Å². The third-order valence-corrected chi connectivity index (χ3v) is 3.77. The van der Waals surface area contributed by atoms with Gasteiger partial charge >= 0.3 is 6.09 Å². The Hall–Kier alpha value is -2.57. The molecule has 0 aliphatic heterocycles. The summed E-state index contributed by atoms with van der Waals surface area (Å²) in [6.07, 6.45) is -0.0202. The fourth-order valence-electron chi connectivity index (χ4n) is 1.97. The van der Waals surface area contributed by atoms with Crippen LogP contribution < -0.4 is 16.4 Å². The molecule has 0 spiro atoms. The lowest BCUT2D eigenvalue weighted by atomic mass is 9.98. The van der Waals surface area contributed by atoms with E-state index in [2.05, 4.69) is 10.6 Å². The molecule has 1 unspecified atom stereocenters. The van der Waals surface area contributed by atoms with Gasteiger partial charge in [-0.1, -0.05) is 50.6 Å². The summed E-state index contributed by atoms with van der Waals surface area (Å²) in [7, 11) is 0. The fraction of sp³-hybridized carbons (Fsp3) is 0.471. The van der Waals surface area contributed by atoms with Crippen LogP contribution in [0, 0.1) is 5.92 Å². The van der Waals surface area contributed by atoms with Gasteiger partial charge in [0, 0.05) is 0 Å². The number of carbonyl (C=O) groups is 3. The molecular weight excluding hydrogens is 310 g/mol. The van der Waals surface area contributed by atoms with E-state index in [1.54, 1.807) is 0 Å². The zero-order valence-electron chi connectivity index (χ0n) is 14.2. The van der Waals surface area contributed by atoms with Crippen LogP contribution >= 0.6 is 0 Å². The number of benzene rings is 1. The molecule has 0 aliphatic carbocycles. The van der Waals surface area contributed by atoms with Gasteiger partial charge in [-0.15, -0.1) is 0 Å². The van der Waals surface area contributed by atoms with Gasteiger partial charge in [0.1, 0.15) is 18.7 Å². The molecule has 1 aromatic carbocycles. The van der Waals surface area contributed by atoms with Gasteiger partial charge in [-0.3, -0.25) is 9.59 Å². The molecule has 0 saturated carbocycles. The third-order valence-electron chi connectivity index (χ3n) is 3.77. The van der Waals surface area contributed by atoms with Crippen molar-refractivity contribution >= 4 is 17.9 Å². The van der Waals surface area contributed by atoms with Crippen molar-refractivity contribution in [2.75, 3.05) is 0 Å². The van der Waals surface area contributed by atoms with Crippen molar-refractivity contribution in [3.05, 3.63) is 35.9 Å². The fourth-order valence-corrected chi connectivity index (χ4v) is 1.97. The minimum absolute atomic E-state index is 0.110. The summed E-state index contributed by atoms with van der Waals surface area (Å²) in [5.74, 6) is -1.24. The lowest BCUT2D eigenvalue weighted by Gasteiger charge is -2.24. The number of rotatable bonds is 8. The molecule has 0 bridgehead atoms. The van der Waals surface area contributed by atoms with E-state index >= 15 is 0 Å². The number of ether oxygens (including phenoxy) is 1. The molecule has 132 valence electrons. The molecule has 0 fully saturated rings. The summed E-state index contributed by atoms with van der Waals surface area (Å²) in [6, 6.07) is 7.61. The lowest BCUT2D eigenvalue weighted by molar-refractivity contribution is -0.129. The predicted octanol–water partition coefficient (Wildman–Crippen LogP) is 1.32. The SMILES string of the molecule is CCC(C)[C@H](NC(=O)OCc1ccccc1)C(=O)N[C@@H](C)C(N)=O. The van der Waals surface area contributed by atoms with Gasteiger partial charge in [0.25, 0.3) is 0 Å². The molecule has 4 N–H and O–H groups in total. The molecule has 1 aromatic rings. The maximum Gasteiger partial charge on any atom is 0.408 e. The van der Waals surface area contributed by atoms with Crippen molar-refractivity contribution in [2.45, 2.75) is 45.9 Å². The van der Waals surface area contributed by atoms with E-state index in [1.807, 2.05) is 44.2 Å². The number of hydrogen-bond donors (Lipinski definition) is 3. The zero-order valence-corrected chi connectivity index (χ0v) is 14.2. The van der Waals surface area contributed by atoms with Crippen LogP contribution in [-0.2, 0) is 20.9 Å². The molecule has 3 atom stereocenters. The predicted molar refractivity (Wildman–Crippen MR) is 89.8 cm³/mol. The number of nitrogens with two attached hydrogens (primary N) is 1. The average Bonchev–Trinajstić information content (AvgIpc) is 2.57. The molecule has 1 rings (SSSR count). The monoisotopic (exact) mass is 335 g/mol. The van der Waals surface area contributed by atoms with Crippen LogP contribution in [0.25, 0.3) is 0 Å². The van der Waals surface area contributed by atoms with Crippen LogP contribution in [0.3, 0.4) is 0 Å². The Bertz CT molecular complexity index is 562. The second-order valence-electron chi connectivity index (χ2n) is 5.70. The molecular formula is C17H25N3O4. The van der Waals surface area contributed by atoms with Crippen LogP contribution in [0.1, 0.15) is 32.8 Å². The van der Waals surface area contributed by atoms with Crippen LogP contribution in [0.15, 0.2) is 30.3 Å². The third kappa shape index (κ3) is 6.28. The minimum atomic E-state index is -0.814. The Labute approximate surface area is 141 Å². The zero-order chi connectivity index (χ0) is 18.1. The first-order valence-electron chi connectivity index (χ1n) is 7.92. The van der Waals surface area contributed by atoms with Crippen molar-refractivity contribution < 1.29 is 19.1 Å². The summed E-state index contributed by atoms with van der Waals surface area (Å²) in [6.45, 7) is 5.33. The highest BCUT2D eigenvalue weighted by molar-refractivity contribution is 5.90. The van der Waals surface area contributed by atoms with Crippen molar-refractivity contribution in [3.63, 3.8) is 0 Å². The number of alkyl carbamates (subject to hydrolysis) is 1. The Morgan fingerprint density at radius 1 is 1.12 bits per heavy atom. The van der Waals surface area contributed by atoms with Gasteiger partial charge in [-0.25, -0.2) is 4.79 Å². The van der Waals surface area contributed by atoms with E-state index in [0.717, 1.165) is 5.56 Å². The molecule has 0 aliphatic rings. The number of amides is 3. The summed E-state index contributed by atoms with van der Waals surface area (Å²) < 4.78 is 5.13. The highest BCUT2D eigenvalue weighted by Crippen LogP contribution is 2.09. The van der Waals surface area contributed by atoms with Crippen LogP contribution in [0.4, 0.5) is 4.79 Å². The quantitative estimate of drug-likeness (QED) is 0.665. The summed E-state index contributed by atoms with van der Waals surface area (Å²) in [4.78, 5) is 35.3. The second kappa shape index (κ2) is 9.54. The van der Waals surface area contributed by atoms with Gasteiger partial charge in [0.2, 0.25) is 11.8 Å². The van der Waals surface area contributed by atoms with Gasteiger partial charge in [0.15, 0.2) is 0 Å². The maximum atomic E-state index is 12.3.